The van der Waals surface area contributed by atoms with Crippen molar-refractivity contribution in [3.63, 3.8) is 0 Å². The van der Waals surface area contributed by atoms with Crippen LogP contribution in [-0.2, 0) is 24.6 Å². The molecule has 12 nitrogen and oxygen atoms in total. The second-order valence-corrected chi connectivity index (χ2v) is 13.8. The molecule has 2 heterocycles. The lowest BCUT2D eigenvalue weighted by Gasteiger charge is -2.50. The number of allylic oxidation sites excluding steroid dienone is 2. The zero-order valence-electron chi connectivity index (χ0n) is 28.3. The van der Waals surface area contributed by atoms with Crippen LogP contribution in [0.4, 0.5) is 17.1 Å². The van der Waals surface area contributed by atoms with E-state index in [9.17, 15) is 29.6 Å². The number of aromatic hydroxyl groups is 1. The van der Waals surface area contributed by atoms with E-state index in [4.69, 9.17) is 4.74 Å². The normalized spacial score (nSPS) is 26.4. The molecule has 12 heteroatoms. The highest BCUT2D eigenvalue weighted by atomic mass is 16.6. The van der Waals surface area contributed by atoms with E-state index >= 15 is 4.79 Å². The molecule has 2 N–H and O–H groups in total. The Labute approximate surface area is 298 Å². The van der Waals surface area contributed by atoms with Gasteiger partial charge >= 0.3 is 0 Å². The number of nitro benzene ring substituents is 1. The lowest BCUT2D eigenvalue weighted by atomic mass is 9.49. The standard InChI is InChI=1S/C40H34N4O8/c1-22-11-14-25(15-12-22)41-43-37(47)31-21-30-28(16-17-29-34(30)38(48)42(36(29)46)26-9-6-10-27(20-26)44(50)51)35(23-13-18-33(52-2)32(45)19-23)40(31,39(43)49)24-7-4-3-5-8-24/h3-16,18-20,29-31,34-35,41,45H,17,21H2,1-2H3/t29-,30+,31-,34-,35-,40+/m0/s1. The Morgan fingerprint density at radius 2 is 1.63 bits per heavy atom. The number of non-ortho nitro benzene ring substituents is 1. The van der Waals surface area contributed by atoms with Crippen molar-refractivity contribution in [1.82, 2.24) is 5.01 Å². The minimum absolute atomic E-state index is 0.0823. The first kappa shape index (κ1) is 32.9. The van der Waals surface area contributed by atoms with Gasteiger partial charge in [-0.25, -0.2) is 4.90 Å². The van der Waals surface area contributed by atoms with Gasteiger partial charge in [-0.15, -0.1) is 0 Å². The number of amides is 4. The minimum atomic E-state index is -1.50. The number of hydrogen-bond donors (Lipinski definition) is 2. The molecular formula is C40H34N4O8. The number of hydrazine groups is 1. The summed E-state index contributed by atoms with van der Waals surface area (Å²) in [5, 5.41) is 23.7. The van der Waals surface area contributed by atoms with Gasteiger partial charge in [0.1, 0.15) is 0 Å². The molecular weight excluding hydrogens is 664 g/mol. The Morgan fingerprint density at radius 1 is 0.885 bits per heavy atom. The molecule has 0 radical (unpaired) electrons. The molecule has 0 bridgehead atoms. The second kappa shape index (κ2) is 12.2. The van der Waals surface area contributed by atoms with Gasteiger partial charge in [-0.2, -0.15) is 5.01 Å². The highest BCUT2D eigenvalue weighted by molar-refractivity contribution is 6.22. The second-order valence-electron chi connectivity index (χ2n) is 13.8. The summed E-state index contributed by atoms with van der Waals surface area (Å²) in [6, 6.07) is 26.7. The van der Waals surface area contributed by atoms with Gasteiger partial charge in [-0.3, -0.25) is 34.7 Å². The fourth-order valence-corrected chi connectivity index (χ4v) is 9.01. The molecule has 4 amide bonds. The van der Waals surface area contributed by atoms with Crippen LogP contribution in [0.15, 0.2) is 109 Å². The van der Waals surface area contributed by atoms with E-state index in [0.29, 0.717) is 22.4 Å². The van der Waals surface area contributed by atoms with Crippen molar-refractivity contribution in [1.29, 1.82) is 0 Å². The summed E-state index contributed by atoms with van der Waals surface area (Å²) in [7, 11) is 1.43. The number of imide groups is 2. The highest BCUT2D eigenvalue weighted by Gasteiger charge is 2.70. The maximum Gasteiger partial charge on any atom is 0.271 e. The van der Waals surface area contributed by atoms with Crippen LogP contribution in [0, 0.1) is 40.7 Å². The number of carbonyl (C=O) groups is 4. The molecule has 262 valence electrons. The topological polar surface area (TPSA) is 159 Å². The summed E-state index contributed by atoms with van der Waals surface area (Å²) in [6.07, 6.45) is 2.17. The molecule has 1 saturated carbocycles. The van der Waals surface area contributed by atoms with Gasteiger partial charge in [-0.1, -0.05) is 71.8 Å². The van der Waals surface area contributed by atoms with Gasteiger partial charge in [0.05, 0.1) is 46.6 Å². The summed E-state index contributed by atoms with van der Waals surface area (Å²) in [6.45, 7) is 1.93. The maximum absolute atomic E-state index is 15.2. The summed E-state index contributed by atoms with van der Waals surface area (Å²) in [5.74, 6) is -6.02. The van der Waals surface area contributed by atoms with Crippen LogP contribution in [0.1, 0.15) is 35.4 Å². The number of anilines is 2. The van der Waals surface area contributed by atoms with Crippen LogP contribution in [0.25, 0.3) is 0 Å². The smallest absolute Gasteiger partial charge is 0.271 e. The fourth-order valence-electron chi connectivity index (χ4n) is 9.01. The molecule has 52 heavy (non-hydrogen) atoms. The van der Waals surface area contributed by atoms with Crippen LogP contribution in [0.2, 0.25) is 0 Å². The number of methoxy groups -OCH3 is 1. The molecule has 4 aromatic carbocycles. The number of hydrogen-bond acceptors (Lipinski definition) is 9. The number of rotatable bonds is 7. The van der Waals surface area contributed by atoms with Crippen LogP contribution in [0.5, 0.6) is 11.5 Å². The van der Waals surface area contributed by atoms with E-state index in [-0.39, 0.29) is 35.7 Å². The maximum atomic E-state index is 15.2. The van der Waals surface area contributed by atoms with Crippen LogP contribution < -0.4 is 15.1 Å². The van der Waals surface area contributed by atoms with Crippen molar-refractivity contribution < 1.29 is 33.9 Å². The zero-order chi connectivity index (χ0) is 36.5. The molecule has 0 spiro atoms. The monoisotopic (exact) mass is 698 g/mol. The van der Waals surface area contributed by atoms with Crippen molar-refractivity contribution in [2.75, 3.05) is 17.4 Å². The van der Waals surface area contributed by atoms with Crippen LogP contribution >= 0.6 is 0 Å². The average molecular weight is 699 g/mol. The molecule has 4 aromatic rings. The number of phenolic OH excluding ortho intramolecular Hbond substituents is 1. The Hall–Kier alpha value is -6.30. The van der Waals surface area contributed by atoms with E-state index < -0.39 is 63.6 Å². The number of ether oxygens (including phenoxy) is 1. The van der Waals surface area contributed by atoms with Gasteiger partial charge in [0, 0.05) is 18.1 Å². The third-order valence-corrected chi connectivity index (χ3v) is 11.2. The minimum Gasteiger partial charge on any atom is -0.504 e. The number of phenols is 1. The number of benzene rings is 4. The van der Waals surface area contributed by atoms with Crippen LogP contribution in [-0.4, -0.2) is 45.8 Å². The average Bonchev–Trinajstić information content (AvgIpc) is 3.53. The van der Waals surface area contributed by atoms with Crippen molar-refractivity contribution in [3.8, 4) is 11.5 Å². The Morgan fingerprint density at radius 3 is 2.33 bits per heavy atom. The fraction of sp³-hybridized carbons (Fsp3) is 0.250. The summed E-state index contributed by atoms with van der Waals surface area (Å²) in [4.78, 5) is 70.5. The molecule has 8 rings (SSSR count). The first-order valence-corrected chi connectivity index (χ1v) is 17.0. The predicted octanol–water partition coefficient (Wildman–Crippen LogP) is 5.81. The van der Waals surface area contributed by atoms with Gasteiger partial charge in [-0.05, 0) is 67.1 Å². The third kappa shape index (κ3) is 4.74. The van der Waals surface area contributed by atoms with Gasteiger partial charge in [0.25, 0.3) is 17.5 Å². The van der Waals surface area contributed by atoms with Gasteiger partial charge in [0.15, 0.2) is 11.5 Å². The number of nitrogens with zero attached hydrogens (tertiary/aromatic N) is 3. The summed E-state index contributed by atoms with van der Waals surface area (Å²) < 4.78 is 5.35. The number of nitro groups is 1. The van der Waals surface area contributed by atoms with Crippen molar-refractivity contribution in [2.24, 2.45) is 23.7 Å². The van der Waals surface area contributed by atoms with E-state index in [0.717, 1.165) is 15.5 Å². The lowest BCUT2D eigenvalue weighted by molar-refractivity contribution is -0.384. The molecule has 3 fully saturated rings. The van der Waals surface area contributed by atoms with E-state index in [2.05, 4.69) is 5.43 Å². The van der Waals surface area contributed by atoms with E-state index in [1.54, 1.807) is 24.3 Å². The van der Waals surface area contributed by atoms with Crippen LogP contribution in [0.3, 0.4) is 0 Å². The number of carbonyl (C=O) groups excluding carboxylic acids is 4. The molecule has 4 aliphatic rings. The van der Waals surface area contributed by atoms with Crippen molar-refractivity contribution >= 4 is 40.7 Å². The molecule has 2 aliphatic heterocycles. The van der Waals surface area contributed by atoms with E-state index in [1.807, 2.05) is 55.5 Å². The number of nitrogens with one attached hydrogen (secondary N) is 1. The molecule has 2 aliphatic carbocycles. The summed E-state index contributed by atoms with van der Waals surface area (Å²) in [5.41, 5.74) is 4.79. The SMILES string of the molecule is COc1ccc([C@H]2C3=CC[C@@H]4C(=O)N(c5cccc([N+](=O)[O-])c5)C(=O)[C@@H]4[C@@H]3C[C@H]3C(=O)N(Nc4ccc(C)cc4)C(=O)[C@@]23c2ccccc2)cc1O. The largest absolute Gasteiger partial charge is 0.504 e. The molecule has 0 aromatic heterocycles. The van der Waals surface area contributed by atoms with E-state index in [1.165, 1.54) is 37.4 Å². The molecule has 6 atom stereocenters. The van der Waals surface area contributed by atoms with Crippen molar-refractivity contribution in [3.05, 3.63) is 136 Å². The highest BCUT2D eigenvalue weighted by Crippen LogP contribution is 2.64. The zero-order valence-corrected chi connectivity index (χ0v) is 28.3. The molecule has 0 unspecified atom stereocenters. The molecule has 2 saturated heterocycles. The Kier molecular flexibility index (Phi) is 7.70. The number of aryl methyl sites for hydroxylation is 1. The Balaban J connectivity index is 1.31. The van der Waals surface area contributed by atoms with Gasteiger partial charge < -0.3 is 9.84 Å². The first-order chi connectivity index (χ1) is 25.1. The predicted molar refractivity (Wildman–Crippen MR) is 189 cm³/mol. The third-order valence-electron chi connectivity index (χ3n) is 11.2. The Bertz CT molecular complexity index is 2200. The summed E-state index contributed by atoms with van der Waals surface area (Å²) >= 11 is 0. The lowest BCUT2D eigenvalue weighted by Crippen LogP contribution is -2.53. The quantitative estimate of drug-likeness (QED) is 0.105. The van der Waals surface area contributed by atoms with Crippen molar-refractivity contribution in [2.45, 2.75) is 31.1 Å². The number of fused-ring (bicyclic) bond motifs is 4. The van der Waals surface area contributed by atoms with Gasteiger partial charge in [0.2, 0.25) is 11.8 Å². The first-order valence-electron chi connectivity index (χ1n) is 17.0.